The predicted molar refractivity (Wildman–Crippen MR) is 90.7 cm³/mol. The molecule has 0 bridgehead atoms. The van der Waals surface area contributed by atoms with E-state index in [2.05, 4.69) is 5.32 Å². The first kappa shape index (κ1) is 20.4. The summed E-state index contributed by atoms with van der Waals surface area (Å²) in [4.78, 5) is 44.7. The number of nitro groups is 1. The van der Waals surface area contributed by atoms with Crippen molar-refractivity contribution in [1.82, 2.24) is 0 Å². The Labute approximate surface area is 154 Å². The molecule has 2 rings (SSSR count). The van der Waals surface area contributed by atoms with E-state index in [1.807, 2.05) is 0 Å². The monoisotopic (exact) mass is 396 g/mol. The number of carbonyl (C=O) groups excluding carboxylic acids is 3. The van der Waals surface area contributed by atoms with Crippen molar-refractivity contribution >= 4 is 34.8 Å². The molecule has 0 saturated carbocycles. The number of hydrogen-bond acceptors (Lipinski definition) is 5. The number of amides is 3. The van der Waals surface area contributed by atoms with Gasteiger partial charge in [-0.15, -0.1) is 0 Å². The van der Waals surface area contributed by atoms with E-state index < -0.39 is 45.8 Å². The molecule has 0 fully saturated rings. The third kappa shape index (κ3) is 4.60. The Hall–Kier alpha value is -3.96. The fourth-order valence-electron chi connectivity index (χ4n) is 2.11. The summed E-state index contributed by atoms with van der Waals surface area (Å²) in [5.74, 6) is -4.21. The fourth-order valence-corrected chi connectivity index (χ4v) is 2.11. The number of nitrogens with one attached hydrogen (secondary N) is 2. The van der Waals surface area contributed by atoms with Gasteiger partial charge in [-0.05, 0) is 30.3 Å². The van der Waals surface area contributed by atoms with E-state index in [1.54, 1.807) is 0 Å². The second-order valence-electron chi connectivity index (χ2n) is 5.30. The van der Waals surface area contributed by atoms with Gasteiger partial charge in [-0.3, -0.25) is 24.5 Å². The lowest BCUT2D eigenvalue weighted by Gasteiger charge is -2.13. The third-order valence-corrected chi connectivity index (χ3v) is 3.41. The molecule has 0 aliphatic carbocycles. The molecule has 0 unspecified atom stereocenters. The van der Waals surface area contributed by atoms with E-state index in [1.165, 1.54) is 29.6 Å². The summed E-state index contributed by atoms with van der Waals surface area (Å²) in [6.45, 7) is 0. The Morgan fingerprint density at radius 3 is 2.11 bits per heavy atom. The highest BCUT2D eigenvalue weighted by Gasteiger charge is 2.40. The van der Waals surface area contributed by atoms with Crippen LogP contribution in [0.1, 0.15) is 20.7 Å². The van der Waals surface area contributed by atoms with Gasteiger partial charge in [-0.25, -0.2) is 0 Å². The van der Waals surface area contributed by atoms with Crippen LogP contribution >= 0.6 is 0 Å². The minimum Gasteiger partial charge on any atom is -0.366 e. The number of halogens is 3. The quantitative estimate of drug-likeness (QED) is 0.525. The van der Waals surface area contributed by atoms with Gasteiger partial charge in [0.25, 0.3) is 11.6 Å². The Morgan fingerprint density at radius 2 is 1.61 bits per heavy atom. The number of para-hydroxylation sites is 1. The van der Waals surface area contributed by atoms with Gasteiger partial charge in [-0.2, -0.15) is 13.2 Å². The molecule has 0 spiro atoms. The second-order valence-corrected chi connectivity index (χ2v) is 5.30. The van der Waals surface area contributed by atoms with Crippen molar-refractivity contribution in [2.75, 3.05) is 10.6 Å². The molecule has 9 nitrogen and oxygen atoms in total. The van der Waals surface area contributed by atoms with Crippen molar-refractivity contribution in [3.63, 3.8) is 0 Å². The van der Waals surface area contributed by atoms with Gasteiger partial charge in [0.15, 0.2) is 0 Å². The number of primary amides is 1. The number of nitro benzene ring substituents is 1. The maximum Gasteiger partial charge on any atom is 0.471 e. The number of rotatable bonds is 5. The first-order valence-corrected chi connectivity index (χ1v) is 7.37. The molecule has 2 aromatic carbocycles. The third-order valence-electron chi connectivity index (χ3n) is 3.41. The van der Waals surface area contributed by atoms with E-state index >= 15 is 0 Å². The van der Waals surface area contributed by atoms with Crippen LogP contribution in [-0.4, -0.2) is 28.8 Å². The van der Waals surface area contributed by atoms with Gasteiger partial charge >= 0.3 is 12.1 Å². The number of benzene rings is 2. The van der Waals surface area contributed by atoms with E-state index in [4.69, 9.17) is 5.73 Å². The minimum absolute atomic E-state index is 0.134. The first-order valence-electron chi connectivity index (χ1n) is 7.37. The molecule has 0 radical (unpaired) electrons. The topological polar surface area (TPSA) is 144 Å². The highest BCUT2D eigenvalue weighted by Crippen LogP contribution is 2.30. The summed E-state index contributed by atoms with van der Waals surface area (Å²) < 4.78 is 37.6. The fraction of sp³-hybridized carbons (Fsp3) is 0.0625. The summed E-state index contributed by atoms with van der Waals surface area (Å²) >= 11 is 0. The van der Waals surface area contributed by atoms with Gasteiger partial charge in [0, 0.05) is 17.3 Å². The number of alkyl halides is 3. The summed E-state index contributed by atoms with van der Waals surface area (Å²) in [5.41, 5.74) is 3.00. The van der Waals surface area contributed by atoms with Crippen LogP contribution in [0.15, 0.2) is 42.5 Å². The zero-order valence-corrected chi connectivity index (χ0v) is 13.7. The SMILES string of the molecule is NC(=O)c1ccc(NC(=O)c2cccc([N+](=O)[O-])c2NC(=O)C(F)(F)F)cc1. The molecule has 0 aliphatic rings. The van der Waals surface area contributed by atoms with Gasteiger partial charge in [0.05, 0.1) is 10.5 Å². The van der Waals surface area contributed by atoms with Crippen LogP contribution in [0, 0.1) is 10.1 Å². The number of nitrogens with two attached hydrogens (primary N) is 1. The molecule has 3 amide bonds. The van der Waals surface area contributed by atoms with Crippen molar-refractivity contribution in [2.45, 2.75) is 6.18 Å². The summed E-state index contributed by atoms with van der Waals surface area (Å²) in [6.07, 6.45) is -5.32. The molecule has 0 aromatic heterocycles. The normalized spacial score (nSPS) is 10.8. The molecule has 0 atom stereocenters. The number of nitrogens with zero attached hydrogens (tertiary/aromatic N) is 1. The van der Waals surface area contributed by atoms with E-state index in [0.717, 1.165) is 18.2 Å². The molecule has 4 N–H and O–H groups in total. The van der Waals surface area contributed by atoms with Crippen LogP contribution in [0.25, 0.3) is 0 Å². The van der Waals surface area contributed by atoms with Crippen LogP contribution in [-0.2, 0) is 4.79 Å². The van der Waals surface area contributed by atoms with Crippen LogP contribution in [0.2, 0.25) is 0 Å². The van der Waals surface area contributed by atoms with Crippen LogP contribution in [0.3, 0.4) is 0 Å². The lowest BCUT2D eigenvalue weighted by Crippen LogP contribution is -2.31. The van der Waals surface area contributed by atoms with E-state index in [0.29, 0.717) is 0 Å². The van der Waals surface area contributed by atoms with Gasteiger partial charge in [0.2, 0.25) is 5.91 Å². The predicted octanol–water partition coefficient (Wildman–Crippen LogP) is 2.45. The van der Waals surface area contributed by atoms with E-state index in [-0.39, 0.29) is 11.3 Å². The molecule has 2 aromatic rings. The number of anilines is 2. The highest BCUT2D eigenvalue weighted by molar-refractivity contribution is 6.12. The summed E-state index contributed by atoms with van der Waals surface area (Å²) in [5, 5.41) is 14.7. The van der Waals surface area contributed by atoms with Gasteiger partial charge in [0.1, 0.15) is 5.69 Å². The average molecular weight is 396 g/mol. The Bertz CT molecular complexity index is 958. The molecule has 0 aliphatic heterocycles. The second kappa shape index (κ2) is 7.73. The largest absolute Gasteiger partial charge is 0.471 e. The number of hydrogen-bond donors (Lipinski definition) is 3. The summed E-state index contributed by atoms with van der Waals surface area (Å²) in [6, 6.07) is 8.09. The van der Waals surface area contributed by atoms with Crippen molar-refractivity contribution in [2.24, 2.45) is 5.73 Å². The maximum absolute atomic E-state index is 12.5. The molecule has 28 heavy (non-hydrogen) atoms. The molecule has 0 heterocycles. The molecular formula is C16H11F3N4O5. The Balaban J connectivity index is 2.39. The highest BCUT2D eigenvalue weighted by atomic mass is 19.4. The standard InChI is InChI=1S/C16H11F3N4O5/c17-16(18,19)15(26)22-12-10(2-1-3-11(12)23(27)28)14(25)21-9-6-4-8(5-7-9)13(20)24/h1-7H,(H2,20,24)(H,21,25)(H,22,26). The molecule has 0 saturated heterocycles. The summed E-state index contributed by atoms with van der Waals surface area (Å²) in [7, 11) is 0. The molecule has 146 valence electrons. The van der Waals surface area contributed by atoms with Crippen LogP contribution < -0.4 is 16.4 Å². The average Bonchev–Trinajstić information content (AvgIpc) is 2.61. The van der Waals surface area contributed by atoms with Crippen molar-refractivity contribution < 1.29 is 32.5 Å². The van der Waals surface area contributed by atoms with Crippen LogP contribution in [0.4, 0.5) is 30.2 Å². The van der Waals surface area contributed by atoms with Gasteiger partial charge < -0.3 is 16.4 Å². The Kier molecular flexibility index (Phi) is 5.62. The maximum atomic E-state index is 12.5. The smallest absolute Gasteiger partial charge is 0.366 e. The van der Waals surface area contributed by atoms with Crippen molar-refractivity contribution in [1.29, 1.82) is 0 Å². The van der Waals surface area contributed by atoms with Crippen molar-refractivity contribution in [3.05, 3.63) is 63.7 Å². The zero-order valence-electron chi connectivity index (χ0n) is 13.7. The lowest BCUT2D eigenvalue weighted by molar-refractivity contribution is -0.384. The van der Waals surface area contributed by atoms with E-state index in [9.17, 15) is 37.7 Å². The van der Waals surface area contributed by atoms with Gasteiger partial charge in [-0.1, -0.05) is 6.07 Å². The molecule has 12 heteroatoms. The number of carbonyl (C=O) groups is 3. The minimum atomic E-state index is -5.32. The zero-order chi connectivity index (χ0) is 21.1. The Morgan fingerprint density at radius 1 is 1.00 bits per heavy atom. The van der Waals surface area contributed by atoms with Crippen LogP contribution in [0.5, 0.6) is 0 Å². The van der Waals surface area contributed by atoms with Crippen molar-refractivity contribution in [3.8, 4) is 0 Å². The lowest BCUT2D eigenvalue weighted by atomic mass is 10.1. The molecular weight excluding hydrogens is 385 g/mol. The first-order chi connectivity index (χ1) is 13.0.